The first-order chi connectivity index (χ1) is 7.68. The summed E-state index contributed by atoms with van der Waals surface area (Å²) < 4.78 is 10.9. The first-order valence-corrected chi connectivity index (χ1v) is 5.67. The summed E-state index contributed by atoms with van der Waals surface area (Å²) in [6.07, 6.45) is 0. The van der Waals surface area contributed by atoms with Crippen molar-refractivity contribution in [3.05, 3.63) is 23.7 Å². The molecule has 0 fully saturated rings. The Bertz CT molecular complexity index is 284. The summed E-state index contributed by atoms with van der Waals surface area (Å²) in [4.78, 5) is 2.11. The highest BCUT2D eigenvalue weighted by atomic mass is 16.5. The lowest BCUT2D eigenvalue weighted by molar-refractivity contribution is 0.119. The average molecular weight is 226 g/mol. The van der Waals surface area contributed by atoms with E-state index < -0.39 is 0 Å². The SMILES string of the molecule is Cc1ccc(CNCCOCCN(C)C)o1. The van der Waals surface area contributed by atoms with Gasteiger partial charge in [-0.1, -0.05) is 0 Å². The second-order valence-corrected chi connectivity index (χ2v) is 4.10. The van der Waals surface area contributed by atoms with E-state index in [0.29, 0.717) is 0 Å². The Morgan fingerprint density at radius 2 is 2.12 bits per heavy atom. The van der Waals surface area contributed by atoms with Gasteiger partial charge in [0.25, 0.3) is 0 Å². The summed E-state index contributed by atoms with van der Waals surface area (Å²) in [7, 11) is 4.09. The zero-order valence-electron chi connectivity index (χ0n) is 10.5. The number of aryl methyl sites for hydroxylation is 1. The number of hydrogen-bond acceptors (Lipinski definition) is 4. The highest BCUT2D eigenvalue weighted by molar-refractivity contribution is 5.04. The van der Waals surface area contributed by atoms with Gasteiger partial charge in [-0.25, -0.2) is 0 Å². The summed E-state index contributed by atoms with van der Waals surface area (Å²) in [6.45, 7) is 6.07. The summed E-state index contributed by atoms with van der Waals surface area (Å²) in [5.74, 6) is 1.94. The van der Waals surface area contributed by atoms with Crippen molar-refractivity contribution in [2.45, 2.75) is 13.5 Å². The van der Waals surface area contributed by atoms with Crippen LogP contribution in [0, 0.1) is 6.92 Å². The molecule has 0 spiro atoms. The van der Waals surface area contributed by atoms with Gasteiger partial charge in [0.1, 0.15) is 11.5 Å². The standard InChI is InChI=1S/C12H22N2O2/c1-11-4-5-12(16-11)10-13-6-8-15-9-7-14(2)3/h4-5,13H,6-10H2,1-3H3. The predicted octanol–water partition coefficient (Wildman–Crippen LogP) is 1.26. The predicted molar refractivity (Wildman–Crippen MR) is 64.5 cm³/mol. The van der Waals surface area contributed by atoms with Gasteiger partial charge in [-0.05, 0) is 33.2 Å². The lowest BCUT2D eigenvalue weighted by Gasteiger charge is -2.09. The van der Waals surface area contributed by atoms with Crippen LogP contribution in [-0.2, 0) is 11.3 Å². The second kappa shape index (κ2) is 7.44. The van der Waals surface area contributed by atoms with E-state index in [1.807, 2.05) is 33.2 Å². The zero-order valence-corrected chi connectivity index (χ0v) is 10.5. The van der Waals surface area contributed by atoms with Crippen molar-refractivity contribution in [1.29, 1.82) is 0 Å². The van der Waals surface area contributed by atoms with E-state index in [-0.39, 0.29) is 0 Å². The monoisotopic (exact) mass is 226 g/mol. The summed E-state index contributed by atoms with van der Waals surface area (Å²) in [5.41, 5.74) is 0. The molecule has 0 aliphatic carbocycles. The van der Waals surface area contributed by atoms with Gasteiger partial charge >= 0.3 is 0 Å². The van der Waals surface area contributed by atoms with Crippen LogP contribution in [0.15, 0.2) is 16.5 Å². The number of rotatable bonds is 8. The largest absolute Gasteiger partial charge is 0.465 e. The lowest BCUT2D eigenvalue weighted by atomic mass is 10.4. The Kier molecular flexibility index (Phi) is 6.15. The molecule has 0 saturated carbocycles. The number of likely N-dealkylation sites (N-methyl/N-ethyl adjacent to an activating group) is 1. The van der Waals surface area contributed by atoms with Crippen LogP contribution >= 0.6 is 0 Å². The van der Waals surface area contributed by atoms with Crippen molar-refractivity contribution in [2.75, 3.05) is 40.4 Å². The molecular formula is C12H22N2O2. The molecule has 1 heterocycles. The first kappa shape index (κ1) is 13.2. The molecule has 0 saturated heterocycles. The Labute approximate surface area is 97.6 Å². The molecule has 0 atom stereocenters. The first-order valence-electron chi connectivity index (χ1n) is 5.67. The molecular weight excluding hydrogens is 204 g/mol. The number of nitrogens with one attached hydrogen (secondary N) is 1. The quantitative estimate of drug-likeness (QED) is 0.677. The van der Waals surface area contributed by atoms with Crippen LogP contribution in [0.1, 0.15) is 11.5 Å². The van der Waals surface area contributed by atoms with Crippen molar-refractivity contribution in [1.82, 2.24) is 10.2 Å². The molecule has 1 aromatic rings. The summed E-state index contributed by atoms with van der Waals surface area (Å²) in [5, 5.41) is 3.27. The van der Waals surface area contributed by atoms with Crippen LogP contribution in [0.2, 0.25) is 0 Å². The number of hydrogen-bond donors (Lipinski definition) is 1. The molecule has 0 aromatic carbocycles. The fourth-order valence-electron chi connectivity index (χ4n) is 1.29. The Balaban J connectivity index is 1.92. The van der Waals surface area contributed by atoms with Crippen LogP contribution in [0.4, 0.5) is 0 Å². The van der Waals surface area contributed by atoms with Crippen LogP contribution in [0.5, 0.6) is 0 Å². The molecule has 16 heavy (non-hydrogen) atoms. The molecule has 4 nitrogen and oxygen atoms in total. The zero-order chi connectivity index (χ0) is 11.8. The molecule has 4 heteroatoms. The van der Waals surface area contributed by atoms with Crippen LogP contribution in [0.25, 0.3) is 0 Å². The minimum Gasteiger partial charge on any atom is -0.465 e. The molecule has 0 bridgehead atoms. The number of ether oxygens (including phenoxy) is 1. The lowest BCUT2D eigenvalue weighted by Crippen LogP contribution is -2.22. The maximum atomic E-state index is 5.45. The third kappa shape index (κ3) is 5.90. The van der Waals surface area contributed by atoms with E-state index in [4.69, 9.17) is 9.15 Å². The summed E-state index contributed by atoms with van der Waals surface area (Å²) >= 11 is 0. The van der Waals surface area contributed by atoms with Gasteiger partial charge in [0.05, 0.1) is 19.8 Å². The third-order valence-corrected chi connectivity index (χ3v) is 2.20. The van der Waals surface area contributed by atoms with Crippen molar-refractivity contribution in [2.24, 2.45) is 0 Å². The minimum absolute atomic E-state index is 0.744. The van der Waals surface area contributed by atoms with E-state index in [1.165, 1.54) is 0 Å². The number of furan rings is 1. The average Bonchev–Trinajstić information content (AvgIpc) is 2.62. The van der Waals surface area contributed by atoms with E-state index >= 15 is 0 Å². The fraction of sp³-hybridized carbons (Fsp3) is 0.667. The number of nitrogens with zero attached hydrogens (tertiary/aromatic N) is 1. The van der Waals surface area contributed by atoms with E-state index in [2.05, 4.69) is 10.2 Å². The maximum Gasteiger partial charge on any atom is 0.117 e. The Morgan fingerprint density at radius 1 is 1.31 bits per heavy atom. The fourth-order valence-corrected chi connectivity index (χ4v) is 1.29. The molecule has 1 N–H and O–H groups in total. The smallest absolute Gasteiger partial charge is 0.117 e. The third-order valence-electron chi connectivity index (χ3n) is 2.20. The molecule has 0 aliphatic heterocycles. The molecule has 0 unspecified atom stereocenters. The van der Waals surface area contributed by atoms with Crippen LogP contribution in [-0.4, -0.2) is 45.3 Å². The van der Waals surface area contributed by atoms with E-state index in [1.54, 1.807) is 0 Å². The van der Waals surface area contributed by atoms with Crippen molar-refractivity contribution in [3.8, 4) is 0 Å². The van der Waals surface area contributed by atoms with Gasteiger partial charge in [0, 0.05) is 13.1 Å². The van der Waals surface area contributed by atoms with Crippen LogP contribution < -0.4 is 5.32 Å². The highest BCUT2D eigenvalue weighted by Crippen LogP contribution is 2.04. The molecule has 1 rings (SSSR count). The molecule has 0 aliphatic rings. The minimum atomic E-state index is 0.744. The van der Waals surface area contributed by atoms with Gasteiger partial charge in [-0.2, -0.15) is 0 Å². The second-order valence-electron chi connectivity index (χ2n) is 4.10. The van der Waals surface area contributed by atoms with Crippen molar-refractivity contribution < 1.29 is 9.15 Å². The topological polar surface area (TPSA) is 37.6 Å². The Hall–Kier alpha value is -0.840. The van der Waals surface area contributed by atoms with Crippen LogP contribution in [0.3, 0.4) is 0 Å². The van der Waals surface area contributed by atoms with Gasteiger partial charge in [0.2, 0.25) is 0 Å². The van der Waals surface area contributed by atoms with E-state index in [9.17, 15) is 0 Å². The van der Waals surface area contributed by atoms with Crippen molar-refractivity contribution in [3.63, 3.8) is 0 Å². The molecule has 1 aromatic heterocycles. The van der Waals surface area contributed by atoms with E-state index in [0.717, 1.165) is 44.4 Å². The van der Waals surface area contributed by atoms with Gasteiger partial charge in [-0.3, -0.25) is 0 Å². The summed E-state index contributed by atoms with van der Waals surface area (Å²) in [6, 6.07) is 3.97. The van der Waals surface area contributed by atoms with Gasteiger partial charge in [0.15, 0.2) is 0 Å². The van der Waals surface area contributed by atoms with Gasteiger partial charge in [-0.15, -0.1) is 0 Å². The normalized spacial score (nSPS) is 11.2. The molecule has 92 valence electrons. The maximum absolute atomic E-state index is 5.45. The van der Waals surface area contributed by atoms with Crippen molar-refractivity contribution >= 4 is 0 Å². The van der Waals surface area contributed by atoms with Gasteiger partial charge < -0.3 is 19.4 Å². The Morgan fingerprint density at radius 3 is 2.75 bits per heavy atom. The molecule has 0 amide bonds. The highest BCUT2D eigenvalue weighted by Gasteiger charge is 1.97. The molecule has 0 radical (unpaired) electrons.